The number of carbonyl (C=O) groups excluding carboxylic acids is 2. The van der Waals surface area contributed by atoms with E-state index in [1.54, 1.807) is 14.2 Å². The quantitative estimate of drug-likeness (QED) is 0.577. The Morgan fingerprint density at radius 1 is 1.04 bits per heavy atom. The van der Waals surface area contributed by atoms with Gasteiger partial charge in [-0.3, -0.25) is 19.4 Å². The van der Waals surface area contributed by atoms with Crippen LogP contribution in [0.2, 0.25) is 0 Å². The zero-order chi connectivity index (χ0) is 18.8. The maximum atomic E-state index is 12.6. The van der Waals surface area contributed by atoms with Crippen molar-refractivity contribution in [2.45, 2.75) is 26.3 Å². The molecule has 1 aliphatic carbocycles. The Labute approximate surface area is 154 Å². The van der Waals surface area contributed by atoms with Crippen molar-refractivity contribution in [3.8, 4) is 11.5 Å². The number of rotatable bonds is 6. The summed E-state index contributed by atoms with van der Waals surface area (Å²) in [4.78, 5) is 28.6. The number of amides is 2. The van der Waals surface area contributed by atoms with E-state index in [9.17, 15) is 9.59 Å². The molecule has 140 valence electrons. The summed E-state index contributed by atoms with van der Waals surface area (Å²) in [6, 6.07) is 3.89. The average molecular weight is 358 g/mol. The molecule has 0 unspecified atom stereocenters. The van der Waals surface area contributed by atoms with Crippen LogP contribution >= 0.6 is 0 Å². The zero-order valence-corrected chi connectivity index (χ0v) is 15.8. The molecule has 6 heteroatoms. The largest absolute Gasteiger partial charge is 0.493 e. The minimum Gasteiger partial charge on any atom is -0.493 e. The van der Waals surface area contributed by atoms with E-state index < -0.39 is 0 Å². The fourth-order valence-corrected chi connectivity index (χ4v) is 3.78. The minimum absolute atomic E-state index is 0.0415. The maximum absolute atomic E-state index is 12.6. The van der Waals surface area contributed by atoms with Crippen molar-refractivity contribution in [3.05, 3.63) is 35.4 Å². The van der Waals surface area contributed by atoms with Crippen LogP contribution in [0, 0.1) is 18.8 Å². The van der Waals surface area contributed by atoms with E-state index in [0.717, 1.165) is 11.1 Å². The van der Waals surface area contributed by atoms with Crippen LogP contribution < -0.4 is 9.47 Å². The van der Waals surface area contributed by atoms with Crippen molar-refractivity contribution in [3.63, 3.8) is 0 Å². The highest BCUT2D eigenvalue weighted by Gasteiger charge is 2.47. The second-order valence-corrected chi connectivity index (χ2v) is 7.05. The van der Waals surface area contributed by atoms with Gasteiger partial charge in [0, 0.05) is 6.54 Å². The smallest absolute Gasteiger partial charge is 0.234 e. The lowest BCUT2D eigenvalue weighted by Gasteiger charge is -2.24. The molecule has 2 aliphatic rings. The first-order chi connectivity index (χ1) is 12.5. The molecular weight excluding hydrogens is 332 g/mol. The summed E-state index contributed by atoms with van der Waals surface area (Å²) < 4.78 is 10.7. The first-order valence-electron chi connectivity index (χ1n) is 8.86. The second-order valence-electron chi connectivity index (χ2n) is 7.05. The highest BCUT2D eigenvalue weighted by Crippen LogP contribution is 2.35. The lowest BCUT2D eigenvalue weighted by atomic mass is 9.85. The van der Waals surface area contributed by atoms with E-state index in [-0.39, 0.29) is 23.7 Å². The molecule has 1 fully saturated rings. The number of methoxy groups -OCH3 is 2. The highest BCUT2D eigenvalue weighted by molar-refractivity contribution is 6.05. The summed E-state index contributed by atoms with van der Waals surface area (Å²) in [6.45, 7) is 2.92. The average Bonchev–Trinajstić information content (AvgIpc) is 2.88. The normalized spacial score (nSPS) is 22.1. The number of benzene rings is 1. The van der Waals surface area contributed by atoms with E-state index >= 15 is 0 Å². The molecule has 3 rings (SSSR count). The van der Waals surface area contributed by atoms with Crippen LogP contribution in [0.3, 0.4) is 0 Å². The molecule has 0 bridgehead atoms. The number of aryl methyl sites for hydroxylation is 1. The van der Waals surface area contributed by atoms with Gasteiger partial charge in [-0.25, -0.2) is 0 Å². The standard InChI is InChI=1S/C20H26N2O4/c1-13-9-17(25-3)18(26-4)10-14(13)11-21(2)12-22-19(23)15-7-5-6-8-16(15)20(22)24/h5-6,9-10,15-16H,7-8,11-12H2,1-4H3/t15-,16-/m0/s1. The van der Waals surface area contributed by atoms with Gasteiger partial charge in [0.1, 0.15) is 0 Å². The van der Waals surface area contributed by atoms with Gasteiger partial charge < -0.3 is 9.47 Å². The van der Waals surface area contributed by atoms with Crippen LogP contribution in [0.25, 0.3) is 0 Å². The SMILES string of the molecule is COc1cc(C)c(CN(C)CN2C(=O)[C@H]3CC=CC[C@@H]3C2=O)cc1OC. The molecular formula is C20H26N2O4. The number of fused-ring (bicyclic) bond motifs is 1. The molecule has 0 aromatic heterocycles. The summed E-state index contributed by atoms with van der Waals surface area (Å²) >= 11 is 0. The molecule has 0 N–H and O–H groups in total. The number of allylic oxidation sites excluding steroid dienone is 2. The van der Waals surface area contributed by atoms with Crippen LogP contribution in [0.15, 0.2) is 24.3 Å². The van der Waals surface area contributed by atoms with Crippen molar-refractivity contribution >= 4 is 11.8 Å². The summed E-state index contributed by atoms with van der Waals surface area (Å²) in [5, 5.41) is 0. The Kier molecular flexibility index (Phi) is 5.32. The predicted molar refractivity (Wildman–Crippen MR) is 97.8 cm³/mol. The monoisotopic (exact) mass is 358 g/mol. The third-order valence-corrected chi connectivity index (χ3v) is 5.26. The Bertz CT molecular complexity index is 718. The first kappa shape index (κ1) is 18.5. The van der Waals surface area contributed by atoms with Gasteiger partial charge in [0.25, 0.3) is 0 Å². The molecule has 0 spiro atoms. The lowest BCUT2D eigenvalue weighted by molar-refractivity contribution is -0.142. The van der Waals surface area contributed by atoms with Crippen molar-refractivity contribution in [1.82, 2.24) is 9.80 Å². The van der Waals surface area contributed by atoms with E-state index in [1.165, 1.54) is 4.90 Å². The van der Waals surface area contributed by atoms with Crippen molar-refractivity contribution < 1.29 is 19.1 Å². The van der Waals surface area contributed by atoms with Gasteiger partial charge in [-0.1, -0.05) is 12.2 Å². The number of imide groups is 1. The molecule has 2 atom stereocenters. The van der Waals surface area contributed by atoms with E-state index in [1.807, 2.05) is 43.2 Å². The fraction of sp³-hybridized carbons (Fsp3) is 0.500. The maximum Gasteiger partial charge on any atom is 0.234 e. The summed E-state index contributed by atoms with van der Waals surface area (Å²) in [5.74, 6) is 0.928. The summed E-state index contributed by atoms with van der Waals surface area (Å²) in [6.07, 6.45) is 5.35. The fourth-order valence-electron chi connectivity index (χ4n) is 3.78. The molecule has 6 nitrogen and oxygen atoms in total. The van der Waals surface area contributed by atoms with Crippen LogP contribution in [0.1, 0.15) is 24.0 Å². The number of likely N-dealkylation sites (tertiary alicyclic amines) is 1. The number of carbonyl (C=O) groups is 2. The highest BCUT2D eigenvalue weighted by atomic mass is 16.5. The van der Waals surface area contributed by atoms with Crippen molar-refractivity contribution in [2.24, 2.45) is 11.8 Å². The number of hydrogen-bond acceptors (Lipinski definition) is 5. The van der Waals surface area contributed by atoms with Gasteiger partial charge in [0.05, 0.1) is 32.7 Å². The van der Waals surface area contributed by atoms with Crippen LogP contribution in [-0.2, 0) is 16.1 Å². The zero-order valence-electron chi connectivity index (χ0n) is 15.8. The van der Waals surface area contributed by atoms with Gasteiger partial charge in [0.2, 0.25) is 11.8 Å². The topological polar surface area (TPSA) is 59.1 Å². The predicted octanol–water partition coefficient (Wildman–Crippen LogP) is 2.35. The van der Waals surface area contributed by atoms with Crippen molar-refractivity contribution in [2.75, 3.05) is 27.9 Å². The second kappa shape index (κ2) is 7.50. The molecule has 0 radical (unpaired) electrons. The Morgan fingerprint density at radius 3 is 2.12 bits per heavy atom. The summed E-state index contributed by atoms with van der Waals surface area (Å²) in [7, 11) is 5.14. The molecule has 0 saturated carbocycles. The molecule has 1 aromatic rings. The van der Waals surface area contributed by atoms with Gasteiger partial charge >= 0.3 is 0 Å². The van der Waals surface area contributed by atoms with Gasteiger partial charge in [-0.2, -0.15) is 0 Å². The molecule has 1 heterocycles. The van der Waals surface area contributed by atoms with Crippen LogP contribution in [-0.4, -0.2) is 49.6 Å². The van der Waals surface area contributed by atoms with Crippen LogP contribution in [0.4, 0.5) is 0 Å². The van der Waals surface area contributed by atoms with E-state index in [0.29, 0.717) is 37.6 Å². The molecule has 1 saturated heterocycles. The third kappa shape index (κ3) is 3.33. The number of ether oxygens (including phenoxy) is 2. The molecule has 26 heavy (non-hydrogen) atoms. The molecule has 1 aliphatic heterocycles. The van der Waals surface area contributed by atoms with E-state index in [2.05, 4.69) is 0 Å². The number of hydrogen-bond donors (Lipinski definition) is 0. The Hall–Kier alpha value is -2.34. The van der Waals surface area contributed by atoms with Gasteiger partial charge in [0.15, 0.2) is 11.5 Å². The summed E-state index contributed by atoms with van der Waals surface area (Å²) in [5.41, 5.74) is 2.15. The molecule has 2 amide bonds. The van der Waals surface area contributed by atoms with Crippen LogP contribution in [0.5, 0.6) is 11.5 Å². The molecule has 1 aromatic carbocycles. The van der Waals surface area contributed by atoms with Gasteiger partial charge in [-0.05, 0) is 50.1 Å². The third-order valence-electron chi connectivity index (χ3n) is 5.26. The first-order valence-corrected chi connectivity index (χ1v) is 8.86. The lowest BCUT2D eigenvalue weighted by Crippen LogP contribution is -2.40. The Balaban J connectivity index is 1.70. The minimum atomic E-state index is -0.177. The Morgan fingerprint density at radius 2 is 1.58 bits per heavy atom. The van der Waals surface area contributed by atoms with Gasteiger partial charge in [-0.15, -0.1) is 0 Å². The van der Waals surface area contributed by atoms with E-state index in [4.69, 9.17) is 9.47 Å². The number of nitrogens with zero attached hydrogens (tertiary/aromatic N) is 2. The van der Waals surface area contributed by atoms with Crippen molar-refractivity contribution in [1.29, 1.82) is 0 Å².